The van der Waals surface area contributed by atoms with Crippen LogP contribution >= 0.6 is 0 Å². The Morgan fingerprint density at radius 2 is 1.72 bits per heavy atom. The van der Waals surface area contributed by atoms with Crippen LogP contribution in [0.1, 0.15) is 11.1 Å². The number of halogens is 1. The average molecular weight is 392 g/mol. The first-order valence-electron chi connectivity index (χ1n) is 9.27. The third-order valence-corrected chi connectivity index (χ3v) is 4.51. The molecule has 0 atom stereocenters. The van der Waals surface area contributed by atoms with Crippen molar-refractivity contribution >= 4 is 22.9 Å². The van der Waals surface area contributed by atoms with Crippen LogP contribution in [0.3, 0.4) is 0 Å². The number of anilines is 2. The van der Waals surface area contributed by atoms with Crippen molar-refractivity contribution < 1.29 is 9.13 Å². The summed E-state index contributed by atoms with van der Waals surface area (Å²) in [5.74, 6) is 1.75. The van der Waals surface area contributed by atoms with Gasteiger partial charge in [-0.3, -0.25) is 0 Å². The number of aromatic amines is 1. The molecule has 0 spiro atoms. The lowest BCUT2D eigenvalue weighted by Crippen LogP contribution is -2.10. The van der Waals surface area contributed by atoms with Gasteiger partial charge in [-0.25, -0.2) is 9.37 Å². The van der Waals surface area contributed by atoms with Gasteiger partial charge >= 0.3 is 0 Å². The van der Waals surface area contributed by atoms with Gasteiger partial charge in [0.2, 0.25) is 5.95 Å². The van der Waals surface area contributed by atoms with Crippen molar-refractivity contribution in [1.29, 1.82) is 0 Å². The van der Waals surface area contributed by atoms with Crippen LogP contribution in [-0.4, -0.2) is 33.6 Å². The lowest BCUT2D eigenvalue weighted by molar-refractivity contribution is 0.414. The van der Waals surface area contributed by atoms with E-state index in [4.69, 9.17) is 4.74 Å². The number of nitrogens with zero attached hydrogens (tertiary/aromatic N) is 3. The monoisotopic (exact) mass is 392 g/mol. The van der Waals surface area contributed by atoms with E-state index in [1.807, 2.05) is 24.3 Å². The first kappa shape index (κ1) is 18.7. The molecule has 0 fully saturated rings. The molecule has 0 unspecified atom stereocenters. The molecule has 0 bridgehead atoms. The van der Waals surface area contributed by atoms with Gasteiger partial charge < -0.3 is 20.4 Å². The van der Waals surface area contributed by atoms with E-state index in [-0.39, 0.29) is 5.82 Å². The molecule has 4 aromatic rings. The fourth-order valence-electron chi connectivity index (χ4n) is 2.94. The third-order valence-electron chi connectivity index (χ3n) is 4.51. The summed E-state index contributed by atoms with van der Waals surface area (Å²) >= 11 is 0. The molecule has 0 aliphatic heterocycles. The number of benzene rings is 2. The Hall–Kier alpha value is -3.68. The van der Waals surface area contributed by atoms with Crippen LogP contribution in [0, 0.1) is 5.82 Å². The molecule has 0 amide bonds. The Morgan fingerprint density at radius 1 is 0.966 bits per heavy atom. The fraction of sp³-hybridized carbons (Fsp3) is 0.190. The smallest absolute Gasteiger partial charge is 0.226 e. The minimum atomic E-state index is -0.235. The van der Waals surface area contributed by atoms with Crippen molar-refractivity contribution in [1.82, 2.24) is 19.9 Å². The standard InChI is InChI=1S/C21H21FN6O/c1-29-17-8-4-15(5-9-17)12-24-19-18-20(26-13-25-18)28-21(27-19)23-11-10-14-2-6-16(22)7-3-14/h2-9,13H,10-12H2,1H3,(H3,23,24,25,26,27,28). The summed E-state index contributed by atoms with van der Waals surface area (Å²) < 4.78 is 18.2. The highest BCUT2D eigenvalue weighted by Gasteiger charge is 2.10. The Morgan fingerprint density at radius 3 is 2.48 bits per heavy atom. The zero-order valence-corrected chi connectivity index (χ0v) is 15.9. The predicted octanol–water partition coefficient (Wildman–Crippen LogP) is 3.77. The highest BCUT2D eigenvalue weighted by molar-refractivity contribution is 5.83. The molecule has 2 heterocycles. The second-order valence-electron chi connectivity index (χ2n) is 6.50. The molecule has 0 saturated heterocycles. The number of fused-ring (bicyclic) bond motifs is 1. The number of H-pyrrole nitrogens is 1. The maximum Gasteiger partial charge on any atom is 0.226 e. The molecule has 8 heteroatoms. The van der Waals surface area contributed by atoms with Gasteiger partial charge in [0.1, 0.15) is 17.1 Å². The normalized spacial score (nSPS) is 10.8. The topological polar surface area (TPSA) is 87.8 Å². The third kappa shape index (κ3) is 4.60. The minimum absolute atomic E-state index is 0.235. The van der Waals surface area contributed by atoms with Gasteiger partial charge in [0.15, 0.2) is 11.5 Å². The SMILES string of the molecule is COc1ccc(CNc2nc(NCCc3ccc(F)cc3)nc3nc[nH]c23)cc1. The van der Waals surface area contributed by atoms with E-state index in [1.54, 1.807) is 25.6 Å². The van der Waals surface area contributed by atoms with Gasteiger partial charge in [0.05, 0.1) is 13.4 Å². The van der Waals surface area contributed by atoms with Gasteiger partial charge in [-0.15, -0.1) is 0 Å². The Bertz CT molecular complexity index is 1080. The summed E-state index contributed by atoms with van der Waals surface area (Å²) in [6.45, 7) is 1.23. The number of ether oxygens (including phenoxy) is 1. The highest BCUT2D eigenvalue weighted by Crippen LogP contribution is 2.20. The van der Waals surface area contributed by atoms with Crippen molar-refractivity contribution in [3.8, 4) is 5.75 Å². The van der Waals surface area contributed by atoms with Gasteiger partial charge in [-0.05, 0) is 41.8 Å². The first-order valence-corrected chi connectivity index (χ1v) is 9.27. The number of hydrogen-bond acceptors (Lipinski definition) is 6. The maximum absolute atomic E-state index is 13.0. The summed E-state index contributed by atoms with van der Waals surface area (Å²) in [5.41, 5.74) is 3.48. The maximum atomic E-state index is 13.0. The second kappa shape index (κ2) is 8.55. The summed E-state index contributed by atoms with van der Waals surface area (Å²) in [6.07, 6.45) is 2.33. The lowest BCUT2D eigenvalue weighted by Gasteiger charge is -2.10. The number of imidazole rings is 1. The van der Waals surface area contributed by atoms with Crippen LogP contribution in [-0.2, 0) is 13.0 Å². The number of aromatic nitrogens is 4. The molecule has 3 N–H and O–H groups in total. The van der Waals surface area contributed by atoms with Crippen LogP contribution in [0.2, 0.25) is 0 Å². The van der Waals surface area contributed by atoms with E-state index in [9.17, 15) is 4.39 Å². The summed E-state index contributed by atoms with van der Waals surface area (Å²) in [7, 11) is 1.65. The minimum Gasteiger partial charge on any atom is -0.497 e. The van der Waals surface area contributed by atoms with Gasteiger partial charge in [-0.2, -0.15) is 9.97 Å². The van der Waals surface area contributed by atoms with Crippen LogP contribution in [0.15, 0.2) is 54.9 Å². The highest BCUT2D eigenvalue weighted by atomic mass is 19.1. The summed E-state index contributed by atoms with van der Waals surface area (Å²) in [6, 6.07) is 14.3. The Kier molecular flexibility index (Phi) is 5.51. The quantitative estimate of drug-likeness (QED) is 0.423. The van der Waals surface area contributed by atoms with Crippen molar-refractivity contribution in [2.24, 2.45) is 0 Å². The second-order valence-corrected chi connectivity index (χ2v) is 6.50. The van der Waals surface area contributed by atoms with E-state index < -0.39 is 0 Å². The molecule has 4 rings (SSSR count). The molecular weight excluding hydrogens is 371 g/mol. The van der Waals surface area contributed by atoms with Crippen molar-refractivity contribution in [3.05, 3.63) is 71.8 Å². The van der Waals surface area contributed by atoms with E-state index in [1.165, 1.54) is 12.1 Å². The number of methoxy groups -OCH3 is 1. The van der Waals surface area contributed by atoms with E-state index >= 15 is 0 Å². The Labute approximate surface area is 167 Å². The molecule has 0 aliphatic carbocycles. The predicted molar refractivity (Wildman–Crippen MR) is 111 cm³/mol. The molecule has 2 aromatic heterocycles. The average Bonchev–Trinajstić information content (AvgIpc) is 3.23. The van der Waals surface area contributed by atoms with E-state index in [2.05, 4.69) is 30.6 Å². The molecule has 0 saturated carbocycles. The van der Waals surface area contributed by atoms with Crippen molar-refractivity contribution in [2.75, 3.05) is 24.3 Å². The summed E-state index contributed by atoms with van der Waals surface area (Å²) in [4.78, 5) is 16.3. The van der Waals surface area contributed by atoms with Crippen LogP contribution in [0.25, 0.3) is 11.2 Å². The van der Waals surface area contributed by atoms with E-state index in [0.29, 0.717) is 30.5 Å². The molecule has 29 heavy (non-hydrogen) atoms. The van der Waals surface area contributed by atoms with Gasteiger partial charge in [0, 0.05) is 13.1 Å². The van der Waals surface area contributed by atoms with E-state index in [0.717, 1.165) is 28.8 Å². The first-order chi connectivity index (χ1) is 14.2. The largest absolute Gasteiger partial charge is 0.497 e. The Balaban J connectivity index is 1.44. The fourth-order valence-corrected chi connectivity index (χ4v) is 2.94. The van der Waals surface area contributed by atoms with Gasteiger partial charge in [-0.1, -0.05) is 24.3 Å². The molecule has 0 aliphatic rings. The van der Waals surface area contributed by atoms with Crippen LogP contribution in [0.5, 0.6) is 5.75 Å². The lowest BCUT2D eigenvalue weighted by atomic mass is 10.1. The zero-order valence-electron chi connectivity index (χ0n) is 15.9. The van der Waals surface area contributed by atoms with Crippen molar-refractivity contribution in [2.45, 2.75) is 13.0 Å². The van der Waals surface area contributed by atoms with Crippen molar-refractivity contribution in [3.63, 3.8) is 0 Å². The molecule has 7 nitrogen and oxygen atoms in total. The zero-order chi connectivity index (χ0) is 20.1. The molecular formula is C21H21FN6O. The summed E-state index contributed by atoms with van der Waals surface area (Å²) in [5, 5.41) is 6.55. The molecule has 2 aromatic carbocycles. The van der Waals surface area contributed by atoms with Crippen LogP contribution in [0.4, 0.5) is 16.2 Å². The molecule has 148 valence electrons. The number of hydrogen-bond donors (Lipinski definition) is 3. The number of nitrogens with one attached hydrogen (secondary N) is 3. The van der Waals surface area contributed by atoms with Crippen LogP contribution < -0.4 is 15.4 Å². The molecule has 0 radical (unpaired) electrons. The number of rotatable bonds is 8. The van der Waals surface area contributed by atoms with Gasteiger partial charge in [0.25, 0.3) is 0 Å².